The molecule has 144 valence electrons. The fourth-order valence-corrected chi connectivity index (χ4v) is 4.76. The molecule has 1 aliphatic heterocycles. The summed E-state index contributed by atoms with van der Waals surface area (Å²) in [6.45, 7) is 0.452. The Labute approximate surface area is 157 Å². The lowest BCUT2D eigenvalue weighted by Crippen LogP contribution is -2.37. The number of carbonyl (C=O) groups is 1. The Kier molecular flexibility index (Phi) is 5.69. The zero-order chi connectivity index (χ0) is 19.4. The first kappa shape index (κ1) is 19.2. The van der Waals surface area contributed by atoms with Crippen LogP contribution >= 0.6 is 0 Å². The van der Waals surface area contributed by atoms with Crippen LogP contribution in [0.2, 0.25) is 0 Å². The Balaban J connectivity index is 1.55. The first-order chi connectivity index (χ1) is 12.9. The number of benzene rings is 1. The topological polar surface area (TPSA) is 92.3 Å². The molecule has 2 aromatic rings. The first-order valence-electron chi connectivity index (χ1n) is 8.62. The molecular weight excluding hydrogens is 371 g/mol. The Morgan fingerprint density at radius 1 is 1.30 bits per heavy atom. The summed E-state index contributed by atoms with van der Waals surface area (Å²) in [6, 6.07) is 6.24. The third-order valence-electron chi connectivity index (χ3n) is 4.61. The maximum atomic E-state index is 13.6. The number of aromatic nitrogens is 2. The molecule has 1 unspecified atom stereocenters. The summed E-state index contributed by atoms with van der Waals surface area (Å²) in [6.07, 6.45) is 3.73. The summed E-state index contributed by atoms with van der Waals surface area (Å²) in [5, 5.41) is 2.99. The molecule has 0 bridgehead atoms. The second kappa shape index (κ2) is 7.99. The number of sulfone groups is 1. The van der Waals surface area contributed by atoms with Crippen molar-refractivity contribution in [2.45, 2.75) is 18.9 Å². The smallest absolute Gasteiger partial charge is 0.257 e. The highest BCUT2D eigenvalue weighted by Crippen LogP contribution is 2.18. The molecule has 0 saturated carbocycles. The molecule has 1 saturated heterocycles. The van der Waals surface area contributed by atoms with Crippen LogP contribution in [0.4, 0.5) is 10.3 Å². The van der Waals surface area contributed by atoms with Crippen LogP contribution in [-0.4, -0.2) is 60.3 Å². The predicted molar refractivity (Wildman–Crippen MR) is 99.8 cm³/mol. The van der Waals surface area contributed by atoms with Crippen LogP contribution in [0, 0.1) is 5.82 Å². The van der Waals surface area contributed by atoms with Gasteiger partial charge in [-0.15, -0.1) is 0 Å². The van der Waals surface area contributed by atoms with E-state index in [4.69, 9.17) is 0 Å². The van der Waals surface area contributed by atoms with Gasteiger partial charge in [-0.25, -0.2) is 22.8 Å². The van der Waals surface area contributed by atoms with E-state index < -0.39 is 9.84 Å². The van der Waals surface area contributed by atoms with E-state index in [2.05, 4.69) is 15.3 Å². The molecule has 1 aromatic carbocycles. The van der Waals surface area contributed by atoms with Crippen molar-refractivity contribution in [3.8, 4) is 0 Å². The third kappa shape index (κ3) is 4.79. The van der Waals surface area contributed by atoms with E-state index in [-0.39, 0.29) is 29.3 Å². The number of nitrogens with one attached hydrogen (secondary N) is 1. The molecule has 1 fully saturated rings. The van der Waals surface area contributed by atoms with E-state index in [0.29, 0.717) is 36.5 Å². The summed E-state index contributed by atoms with van der Waals surface area (Å²) in [5.41, 5.74) is 0.895. The second-order valence-electron chi connectivity index (χ2n) is 6.54. The van der Waals surface area contributed by atoms with Gasteiger partial charge in [-0.3, -0.25) is 4.79 Å². The molecule has 9 heteroatoms. The Bertz CT molecular complexity index is 918. The van der Waals surface area contributed by atoms with Crippen molar-refractivity contribution in [3.05, 3.63) is 53.6 Å². The Morgan fingerprint density at radius 3 is 2.63 bits per heavy atom. The Hall–Kier alpha value is -2.55. The number of rotatable bonds is 6. The number of carbonyl (C=O) groups excluding carboxylic acids is 1. The average Bonchev–Trinajstić information content (AvgIpc) is 3.02. The van der Waals surface area contributed by atoms with Gasteiger partial charge in [0.15, 0.2) is 9.84 Å². The zero-order valence-corrected chi connectivity index (χ0v) is 15.7. The zero-order valence-electron chi connectivity index (χ0n) is 14.9. The van der Waals surface area contributed by atoms with Gasteiger partial charge in [-0.05, 0) is 24.5 Å². The molecule has 1 atom stereocenters. The minimum atomic E-state index is -3.06. The van der Waals surface area contributed by atoms with Crippen LogP contribution in [0.1, 0.15) is 22.3 Å². The van der Waals surface area contributed by atoms with E-state index >= 15 is 0 Å². The lowest BCUT2D eigenvalue weighted by molar-refractivity contribution is 0.0747. The summed E-state index contributed by atoms with van der Waals surface area (Å²) in [4.78, 5) is 22.1. The lowest BCUT2D eigenvalue weighted by atomic mass is 10.1. The van der Waals surface area contributed by atoms with Gasteiger partial charge in [0.25, 0.3) is 5.91 Å². The molecule has 1 aliphatic rings. The van der Waals surface area contributed by atoms with Gasteiger partial charge in [-0.2, -0.15) is 0 Å². The van der Waals surface area contributed by atoms with Crippen molar-refractivity contribution in [1.29, 1.82) is 0 Å². The summed E-state index contributed by atoms with van der Waals surface area (Å²) in [5.74, 6) is -0.121. The van der Waals surface area contributed by atoms with Crippen molar-refractivity contribution in [3.63, 3.8) is 0 Å². The monoisotopic (exact) mass is 392 g/mol. The number of hydrogen-bond donors (Lipinski definition) is 1. The fourth-order valence-electron chi connectivity index (χ4n) is 2.99. The highest BCUT2D eigenvalue weighted by atomic mass is 32.2. The number of halogens is 1. The predicted octanol–water partition coefficient (Wildman–Crippen LogP) is 1.53. The van der Waals surface area contributed by atoms with Gasteiger partial charge in [-0.1, -0.05) is 18.2 Å². The quantitative estimate of drug-likeness (QED) is 0.802. The van der Waals surface area contributed by atoms with Gasteiger partial charge >= 0.3 is 0 Å². The summed E-state index contributed by atoms with van der Waals surface area (Å²) in [7, 11) is -1.47. The molecule has 1 N–H and O–H groups in total. The SMILES string of the molecule is CN(C(=O)c1cnc(NCCc2ccccc2F)nc1)C1CCS(=O)(=O)C1. The number of nitrogens with zero attached hydrogens (tertiary/aromatic N) is 3. The second-order valence-corrected chi connectivity index (χ2v) is 8.77. The van der Waals surface area contributed by atoms with Gasteiger partial charge in [0.1, 0.15) is 5.82 Å². The minimum Gasteiger partial charge on any atom is -0.354 e. The largest absolute Gasteiger partial charge is 0.354 e. The standard InChI is InChI=1S/C18H21FN4O3S/c1-23(15-7-9-27(25,26)12-15)17(24)14-10-21-18(22-11-14)20-8-6-13-4-2-3-5-16(13)19/h2-5,10-11,15H,6-9,12H2,1H3,(H,20,21,22). The van der Waals surface area contributed by atoms with Crippen molar-refractivity contribution in [2.75, 3.05) is 30.4 Å². The highest BCUT2D eigenvalue weighted by Gasteiger charge is 2.33. The third-order valence-corrected chi connectivity index (χ3v) is 6.36. The molecule has 27 heavy (non-hydrogen) atoms. The van der Waals surface area contributed by atoms with E-state index in [0.717, 1.165) is 0 Å². The van der Waals surface area contributed by atoms with Crippen molar-refractivity contribution in [2.24, 2.45) is 0 Å². The molecule has 1 amide bonds. The van der Waals surface area contributed by atoms with Crippen molar-refractivity contribution < 1.29 is 17.6 Å². The molecule has 7 nitrogen and oxygen atoms in total. The summed E-state index contributed by atoms with van der Waals surface area (Å²) < 4.78 is 36.7. The van der Waals surface area contributed by atoms with E-state index in [1.54, 1.807) is 25.2 Å². The molecule has 0 radical (unpaired) electrons. The number of anilines is 1. The number of amides is 1. The van der Waals surface area contributed by atoms with Crippen LogP contribution in [0.15, 0.2) is 36.7 Å². The molecule has 3 rings (SSSR count). The summed E-state index contributed by atoms with van der Waals surface area (Å²) >= 11 is 0. The van der Waals surface area contributed by atoms with Crippen LogP contribution in [0.3, 0.4) is 0 Å². The Morgan fingerprint density at radius 2 is 2.00 bits per heavy atom. The fraction of sp³-hybridized carbons (Fsp3) is 0.389. The molecule has 0 aliphatic carbocycles. The number of hydrogen-bond acceptors (Lipinski definition) is 6. The van der Waals surface area contributed by atoms with Gasteiger partial charge < -0.3 is 10.2 Å². The van der Waals surface area contributed by atoms with Crippen LogP contribution in [0.25, 0.3) is 0 Å². The average molecular weight is 392 g/mol. The van der Waals surface area contributed by atoms with Crippen molar-refractivity contribution >= 4 is 21.7 Å². The van der Waals surface area contributed by atoms with Crippen molar-refractivity contribution in [1.82, 2.24) is 14.9 Å². The highest BCUT2D eigenvalue weighted by molar-refractivity contribution is 7.91. The van der Waals surface area contributed by atoms with E-state index in [1.807, 2.05) is 0 Å². The molecular formula is C18H21FN4O3S. The van der Waals surface area contributed by atoms with Crippen LogP contribution in [0.5, 0.6) is 0 Å². The van der Waals surface area contributed by atoms with Crippen LogP contribution in [-0.2, 0) is 16.3 Å². The van der Waals surface area contributed by atoms with E-state index in [1.165, 1.54) is 23.4 Å². The van der Waals surface area contributed by atoms with Crippen LogP contribution < -0.4 is 5.32 Å². The first-order valence-corrected chi connectivity index (χ1v) is 10.4. The van der Waals surface area contributed by atoms with Gasteiger partial charge in [0.2, 0.25) is 5.95 Å². The lowest BCUT2D eigenvalue weighted by Gasteiger charge is -2.23. The molecule has 1 aromatic heterocycles. The van der Waals surface area contributed by atoms with E-state index in [9.17, 15) is 17.6 Å². The maximum Gasteiger partial charge on any atom is 0.257 e. The van der Waals surface area contributed by atoms with Gasteiger partial charge in [0.05, 0.1) is 17.1 Å². The normalized spacial score (nSPS) is 18.2. The molecule has 2 heterocycles. The maximum absolute atomic E-state index is 13.6. The van der Waals surface area contributed by atoms with Gasteiger partial charge in [0, 0.05) is 32.0 Å². The minimum absolute atomic E-state index is 0.00815. The molecule has 0 spiro atoms.